The highest BCUT2D eigenvalue weighted by atomic mass is 32.1. The zero-order valence-electron chi connectivity index (χ0n) is 13.9. The van der Waals surface area contributed by atoms with E-state index in [1.165, 1.54) is 5.56 Å². The number of amides is 1. The lowest BCUT2D eigenvalue weighted by atomic mass is 10.2. The monoisotopic (exact) mass is 360 g/mol. The molecule has 0 aliphatic carbocycles. The molecular weight excluding hydrogens is 344 g/mol. The molecule has 0 fully saturated rings. The first kappa shape index (κ1) is 16.2. The summed E-state index contributed by atoms with van der Waals surface area (Å²) in [7, 11) is 0. The predicted octanol–water partition coefficient (Wildman–Crippen LogP) is 3.39. The third-order valence-corrected chi connectivity index (χ3v) is 5.03. The van der Waals surface area contributed by atoms with Crippen LogP contribution in [-0.2, 0) is 6.54 Å². The number of rotatable bonds is 4. The Kier molecular flexibility index (Phi) is 4.57. The molecule has 0 saturated carbocycles. The summed E-state index contributed by atoms with van der Waals surface area (Å²) in [6, 6.07) is 21.7. The van der Waals surface area contributed by atoms with E-state index in [-0.39, 0.29) is 5.91 Å². The van der Waals surface area contributed by atoms with E-state index in [4.69, 9.17) is 0 Å². The molecular formula is C20H16N4OS. The molecule has 4 rings (SSSR count). The van der Waals surface area contributed by atoms with E-state index in [1.807, 2.05) is 30.3 Å². The van der Waals surface area contributed by atoms with Gasteiger partial charge in [-0.05, 0) is 29.8 Å². The van der Waals surface area contributed by atoms with Crippen LogP contribution in [0.4, 0.5) is 0 Å². The van der Waals surface area contributed by atoms with Gasteiger partial charge in [0.15, 0.2) is 0 Å². The van der Waals surface area contributed by atoms with Crippen molar-refractivity contribution in [1.82, 2.24) is 15.0 Å². The van der Waals surface area contributed by atoms with Crippen molar-refractivity contribution < 1.29 is 4.79 Å². The second kappa shape index (κ2) is 7.33. The summed E-state index contributed by atoms with van der Waals surface area (Å²) in [6.07, 6.45) is 3.17. The first-order valence-electron chi connectivity index (χ1n) is 8.18. The fraction of sp³-hybridized carbons (Fsp3) is 0.0500. The van der Waals surface area contributed by atoms with Gasteiger partial charge in [0.05, 0.1) is 16.8 Å². The molecule has 0 aliphatic heterocycles. The van der Waals surface area contributed by atoms with Gasteiger partial charge in [-0.2, -0.15) is 0 Å². The van der Waals surface area contributed by atoms with Gasteiger partial charge in [0.1, 0.15) is 0 Å². The van der Waals surface area contributed by atoms with E-state index >= 15 is 0 Å². The van der Waals surface area contributed by atoms with E-state index in [1.54, 1.807) is 35.9 Å². The molecule has 0 atom stereocenters. The van der Waals surface area contributed by atoms with Crippen molar-refractivity contribution in [3.05, 3.63) is 95.1 Å². The lowest BCUT2D eigenvalue weighted by molar-refractivity contribution is 0.0953. The van der Waals surface area contributed by atoms with Crippen LogP contribution < -0.4 is 10.2 Å². The fourth-order valence-electron chi connectivity index (χ4n) is 2.69. The van der Waals surface area contributed by atoms with Crippen LogP contribution >= 0.6 is 11.3 Å². The zero-order chi connectivity index (χ0) is 17.8. The van der Waals surface area contributed by atoms with Crippen molar-refractivity contribution in [3.63, 3.8) is 0 Å². The topological polar surface area (TPSA) is 59.3 Å². The predicted molar refractivity (Wildman–Crippen MR) is 103 cm³/mol. The Balaban J connectivity index is 1.72. The average Bonchev–Trinajstić information content (AvgIpc) is 3.05. The van der Waals surface area contributed by atoms with Crippen LogP contribution in [0.15, 0.2) is 84.2 Å². The minimum atomic E-state index is -0.254. The number of benzene rings is 2. The molecule has 2 heterocycles. The maximum atomic E-state index is 12.3. The van der Waals surface area contributed by atoms with Crippen molar-refractivity contribution in [2.45, 2.75) is 6.54 Å². The van der Waals surface area contributed by atoms with Crippen LogP contribution in [0.1, 0.15) is 15.9 Å². The third-order valence-electron chi connectivity index (χ3n) is 3.97. The van der Waals surface area contributed by atoms with Crippen molar-refractivity contribution >= 4 is 27.5 Å². The van der Waals surface area contributed by atoms with Crippen LogP contribution in [0.3, 0.4) is 0 Å². The highest BCUT2D eigenvalue weighted by molar-refractivity contribution is 7.16. The van der Waals surface area contributed by atoms with Gasteiger partial charge < -0.3 is 4.57 Å². The van der Waals surface area contributed by atoms with E-state index in [0.717, 1.165) is 15.0 Å². The van der Waals surface area contributed by atoms with Crippen LogP contribution in [0.5, 0.6) is 0 Å². The summed E-state index contributed by atoms with van der Waals surface area (Å²) >= 11 is 1.55. The summed E-state index contributed by atoms with van der Waals surface area (Å²) in [6.45, 7) is 0.689. The average molecular weight is 360 g/mol. The summed E-state index contributed by atoms with van der Waals surface area (Å²) in [5, 5.41) is 4.38. The summed E-state index contributed by atoms with van der Waals surface area (Å²) in [5.41, 5.74) is 5.45. The molecule has 2 aromatic heterocycles. The van der Waals surface area contributed by atoms with Gasteiger partial charge in [-0.1, -0.05) is 53.8 Å². The van der Waals surface area contributed by atoms with Gasteiger partial charge in [0, 0.05) is 18.0 Å². The number of aromatic nitrogens is 2. The second-order valence-electron chi connectivity index (χ2n) is 5.71. The first-order chi connectivity index (χ1) is 12.8. The molecule has 2 aromatic carbocycles. The van der Waals surface area contributed by atoms with E-state index in [0.29, 0.717) is 12.1 Å². The molecule has 26 heavy (non-hydrogen) atoms. The number of para-hydroxylation sites is 1. The first-order valence-corrected chi connectivity index (χ1v) is 8.99. The molecule has 0 spiro atoms. The Morgan fingerprint density at radius 3 is 2.54 bits per heavy atom. The summed E-state index contributed by atoms with van der Waals surface area (Å²) < 4.78 is 3.24. The van der Waals surface area contributed by atoms with E-state index in [9.17, 15) is 4.79 Å². The quantitative estimate of drug-likeness (QED) is 0.567. The SMILES string of the molecule is O=C(N/N=c1\sc2ccccc2n1Cc1ccccc1)c1ccncc1. The molecule has 4 aromatic rings. The normalized spacial score (nSPS) is 11.6. The van der Waals surface area contributed by atoms with Crippen LogP contribution in [-0.4, -0.2) is 15.5 Å². The molecule has 6 heteroatoms. The second-order valence-corrected chi connectivity index (χ2v) is 6.72. The summed E-state index contributed by atoms with van der Waals surface area (Å²) in [5.74, 6) is -0.254. The van der Waals surface area contributed by atoms with Crippen LogP contribution in [0, 0.1) is 0 Å². The smallest absolute Gasteiger partial charge is 0.271 e. The van der Waals surface area contributed by atoms with Gasteiger partial charge >= 0.3 is 0 Å². The zero-order valence-corrected chi connectivity index (χ0v) is 14.7. The maximum absolute atomic E-state index is 12.3. The Morgan fingerprint density at radius 1 is 1.00 bits per heavy atom. The molecule has 1 amide bonds. The highest BCUT2D eigenvalue weighted by Gasteiger charge is 2.08. The Hall–Kier alpha value is -3.25. The van der Waals surface area contributed by atoms with Gasteiger partial charge in [-0.25, -0.2) is 5.43 Å². The number of hydrogen-bond donors (Lipinski definition) is 1. The minimum absolute atomic E-state index is 0.254. The maximum Gasteiger partial charge on any atom is 0.271 e. The van der Waals surface area contributed by atoms with Gasteiger partial charge in [-0.3, -0.25) is 9.78 Å². The van der Waals surface area contributed by atoms with Crippen LogP contribution in [0.25, 0.3) is 10.2 Å². The number of hydrogen-bond acceptors (Lipinski definition) is 4. The highest BCUT2D eigenvalue weighted by Crippen LogP contribution is 2.17. The van der Waals surface area contributed by atoms with Gasteiger partial charge in [0.25, 0.3) is 5.91 Å². The minimum Gasteiger partial charge on any atom is -0.311 e. The Labute approximate surface area is 154 Å². The van der Waals surface area contributed by atoms with Crippen molar-refractivity contribution in [3.8, 4) is 0 Å². The number of nitrogens with zero attached hydrogens (tertiary/aromatic N) is 3. The Morgan fingerprint density at radius 2 is 1.73 bits per heavy atom. The lowest BCUT2D eigenvalue weighted by Crippen LogP contribution is -2.24. The lowest BCUT2D eigenvalue weighted by Gasteiger charge is -2.05. The molecule has 1 N–H and O–H groups in total. The fourth-order valence-corrected chi connectivity index (χ4v) is 3.68. The molecule has 0 saturated heterocycles. The van der Waals surface area contributed by atoms with Gasteiger partial charge in [0.2, 0.25) is 4.80 Å². The molecule has 0 aliphatic rings. The van der Waals surface area contributed by atoms with Crippen molar-refractivity contribution in [1.29, 1.82) is 0 Å². The number of pyridine rings is 1. The molecule has 0 radical (unpaired) electrons. The third kappa shape index (κ3) is 3.41. The number of thiazole rings is 1. The standard InChI is InChI=1S/C20H16N4OS/c25-19(16-10-12-21-13-11-16)22-23-20-24(14-15-6-2-1-3-7-15)17-8-4-5-9-18(17)26-20/h1-13H,14H2,(H,22,25)/b23-20-. The number of fused-ring (bicyclic) bond motifs is 1. The summed E-state index contributed by atoms with van der Waals surface area (Å²) in [4.78, 5) is 16.9. The van der Waals surface area contributed by atoms with Crippen molar-refractivity contribution in [2.24, 2.45) is 5.10 Å². The van der Waals surface area contributed by atoms with Gasteiger partial charge in [-0.15, -0.1) is 5.10 Å². The van der Waals surface area contributed by atoms with Crippen molar-refractivity contribution in [2.75, 3.05) is 0 Å². The van der Waals surface area contributed by atoms with Crippen LogP contribution in [0.2, 0.25) is 0 Å². The molecule has 128 valence electrons. The largest absolute Gasteiger partial charge is 0.311 e. The number of carbonyl (C=O) groups is 1. The van der Waals surface area contributed by atoms with E-state index in [2.05, 4.69) is 44.3 Å². The molecule has 0 unspecified atom stereocenters. The number of carbonyl (C=O) groups excluding carboxylic acids is 1. The van der Waals surface area contributed by atoms with E-state index < -0.39 is 0 Å². The molecule has 0 bridgehead atoms. The Bertz CT molecular complexity index is 1100. The number of nitrogens with one attached hydrogen (secondary N) is 1. The molecule has 5 nitrogen and oxygen atoms in total.